The smallest absolute Gasteiger partial charge is 0.231 e. The molecule has 1 aromatic heterocycles. The van der Waals surface area contributed by atoms with E-state index < -0.39 is 6.10 Å². The molecule has 0 bridgehead atoms. The third-order valence-corrected chi connectivity index (χ3v) is 5.80. The second-order valence-electron chi connectivity index (χ2n) is 6.86. The summed E-state index contributed by atoms with van der Waals surface area (Å²) in [5, 5.41) is 10.8. The van der Waals surface area contributed by atoms with Gasteiger partial charge in [0, 0.05) is 19.0 Å². The lowest BCUT2D eigenvalue weighted by Crippen LogP contribution is -2.42. The molecule has 1 fully saturated rings. The van der Waals surface area contributed by atoms with Gasteiger partial charge >= 0.3 is 0 Å². The number of rotatable bonds is 3. The molecule has 2 atom stereocenters. The fourth-order valence-electron chi connectivity index (χ4n) is 3.90. The molecule has 2 aromatic carbocycles. The maximum atomic E-state index is 10.8. The van der Waals surface area contributed by atoms with Gasteiger partial charge in [-0.25, -0.2) is 0 Å². The zero-order valence-electron chi connectivity index (χ0n) is 14.2. The molecule has 0 radical (unpaired) electrons. The second kappa shape index (κ2) is 6.50. The SMILES string of the molecule is O[C@@H]1CN(Cc2cccc3nsnc23)CC[C@H]1c1ccc2c(c1)OCO2. The fraction of sp³-hybridized carbons (Fsp3) is 0.368. The van der Waals surface area contributed by atoms with E-state index >= 15 is 0 Å². The highest BCUT2D eigenvalue weighted by Crippen LogP contribution is 2.37. The average Bonchev–Trinajstić information content (AvgIpc) is 3.31. The van der Waals surface area contributed by atoms with E-state index in [1.54, 1.807) is 0 Å². The van der Waals surface area contributed by atoms with Crippen molar-refractivity contribution in [3.63, 3.8) is 0 Å². The number of fused-ring (bicyclic) bond motifs is 2. The van der Waals surface area contributed by atoms with Gasteiger partial charge in [0.15, 0.2) is 11.5 Å². The van der Waals surface area contributed by atoms with Crippen molar-refractivity contribution >= 4 is 22.8 Å². The van der Waals surface area contributed by atoms with E-state index in [2.05, 4.69) is 19.7 Å². The van der Waals surface area contributed by atoms with Crippen LogP contribution < -0.4 is 9.47 Å². The Hall–Kier alpha value is -2.22. The molecule has 6 nitrogen and oxygen atoms in total. The number of aliphatic hydroxyl groups excluding tert-OH is 1. The minimum absolute atomic E-state index is 0.123. The molecule has 134 valence electrons. The molecule has 0 unspecified atom stereocenters. The third-order valence-electron chi connectivity index (χ3n) is 5.25. The first-order chi connectivity index (χ1) is 12.8. The van der Waals surface area contributed by atoms with Crippen molar-refractivity contribution in [2.75, 3.05) is 19.9 Å². The summed E-state index contributed by atoms with van der Waals surface area (Å²) in [6, 6.07) is 12.1. The standard InChI is InChI=1S/C19H19N3O3S/c23-16-10-22(9-13-2-1-3-15-19(13)21-26-20-15)7-6-14(16)12-4-5-17-18(8-12)25-11-24-17/h1-5,8,14,16,23H,6-7,9-11H2/t14-,16+/m0/s1. The number of aliphatic hydroxyl groups is 1. The van der Waals surface area contributed by atoms with E-state index in [-0.39, 0.29) is 12.7 Å². The first kappa shape index (κ1) is 16.0. The van der Waals surface area contributed by atoms with Crippen molar-refractivity contribution in [3.05, 3.63) is 47.5 Å². The van der Waals surface area contributed by atoms with Gasteiger partial charge in [-0.05, 0) is 42.3 Å². The molecule has 1 N–H and O–H groups in total. The highest BCUT2D eigenvalue weighted by Gasteiger charge is 2.30. The number of nitrogens with zero attached hydrogens (tertiary/aromatic N) is 3. The monoisotopic (exact) mass is 369 g/mol. The predicted octanol–water partition coefficient (Wildman–Crippen LogP) is 2.77. The van der Waals surface area contributed by atoms with E-state index in [0.29, 0.717) is 6.54 Å². The summed E-state index contributed by atoms with van der Waals surface area (Å²) in [5.41, 5.74) is 4.21. The predicted molar refractivity (Wildman–Crippen MR) is 98.6 cm³/mol. The number of piperidine rings is 1. The van der Waals surface area contributed by atoms with Crippen LogP contribution in [0.2, 0.25) is 0 Å². The Morgan fingerprint density at radius 2 is 2.08 bits per heavy atom. The Bertz CT molecular complexity index is 945. The minimum Gasteiger partial charge on any atom is -0.454 e. The highest BCUT2D eigenvalue weighted by molar-refractivity contribution is 7.00. The van der Waals surface area contributed by atoms with Crippen LogP contribution in [-0.2, 0) is 6.54 Å². The summed E-state index contributed by atoms with van der Waals surface area (Å²) in [5.74, 6) is 1.68. The number of hydrogen-bond donors (Lipinski definition) is 1. The van der Waals surface area contributed by atoms with Gasteiger partial charge in [-0.2, -0.15) is 8.75 Å². The topological polar surface area (TPSA) is 67.7 Å². The first-order valence-corrected chi connectivity index (χ1v) is 9.51. The van der Waals surface area contributed by atoms with Crippen LogP contribution in [0.1, 0.15) is 23.5 Å². The molecule has 7 heteroatoms. The van der Waals surface area contributed by atoms with E-state index in [1.807, 2.05) is 30.3 Å². The third kappa shape index (κ3) is 2.82. The molecular formula is C19H19N3O3S. The maximum absolute atomic E-state index is 10.8. The van der Waals surface area contributed by atoms with E-state index in [1.165, 1.54) is 17.3 Å². The molecule has 0 aliphatic carbocycles. The molecule has 26 heavy (non-hydrogen) atoms. The van der Waals surface area contributed by atoms with Crippen LogP contribution in [0.3, 0.4) is 0 Å². The molecule has 3 aromatic rings. The average molecular weight is 369 g/mol. The molecule has 2 aliphatic rings. The first-order valence-electron chi connectivity index (χ1n) is 8.78. The lowest BCUT2D eigenvalue weighted by Gasteiger charge is -2.36. The van der Waals surface area contributed by atoms with E-state index in [4.69, 9.17) is 9.47 Å². The Labute approximate surface area is 155 Å². The van der Waals surface area contributed by atoms with Gasteiger partial charge in [0.25, 0.3) is 0 Å². The van der Waals surface area contributed by atoms with Crippen molar-refractivity contribution in [3.8, 4) is 11.5 Å². The number of ether oxygens (including phenoxy) is 2. The van der Waals surface area contributed by atoms with E-state index in [9.17, 15) is 5.11 Å². The van der Waals surface area contributed by atoms with Gasteiger partial charge in [-0.1, -0.05) is 18.2 Å². The van der Waals surface area contributed by atoms with Gasteiger partial charge in [0.2, 0.25) is 6.79 Å². The zero-order chi connectivity index (χ0) is 17.5. The normalized spacial score (nSPS) is 22.8. The maximum Gasteiger partial charge on any atom is 0.231 e. The van der Waals surface area contributed by atoms with Crippen molar-refractivity contribution in [2.45, 2.75) is 25.0 Å². The van der Waals surface area contributed by atoms with Crippen LogP contribution in [0.5, 0.6) is 11.5 Å². The molecule has 0 saturated carbocycles. The molecule has 0 amide bonds. The molecule has 2 aliphatic heterocycles. The van der Waals surface area contributed by atoms with Gasteiger partial charge in [0.05, 0.1) is 17.8 Å². The number of likely N-dealkylation sites (tertiary alicyclic amines) is 1. The van der Waals surface area contributed by atoms with Crippen LogP contribution in [0.25, 0.3) is 11.0 Å². The fourth-order valence-corrected chi connectivity index (χ4v) is 4.47. The Kier molecular flexibility index (Phi) is 4.00. The summed E-state index contributed by atoms with van der Waals surface area (Å²) >= 11 is 1.25. The molecular weight excluding hydrogens is 350 g/mol. The van der Waals surface area contributed by atoms with Gasteiger partial charge in [-0.15, -0.1) is 0 Å². The van der Waals surface area contributed by atoms with Crippen molar-refractivity contribution in [2.24, 2.45) is 0 Å². The molecule has 1 saturated heterocycles. The van der Waals surface area contributed by atoms with Crippen molar-refractivity contribution < 1.29 is 14.6 Å². The van der Waals surface area contributed by atoms with Crippen LogP contribution in [-0.4, -0.2) is 44.7 Å². The number of aromatic nitrogens is 2. The number of benzene rings is 2. The van der Waals surface area contributed by atoms with Crippen molar-refractivity contribution in [1.82, 2.24) is 13.6 Å². The summed E-state index contributed by atoms with van der Waals surface area (Å²) in [6.45, 7) is 2.64. The van der Waals surface area contributed by atoms with E-state index in [0.717, 1.165) is 47.6 Å². The minimum atomic E-state index is -0.406. The van der Waals surface area contributed by atoms with Gasteiger partial charge in [-0.3, -0.25) is 4.90 Å². The molecule has 0 spiro atoms. The summed E-state index contributed by atoms with van der Waals surface area (Å²) in [6.07, 6.45) is 0.503. The molecule has 5 rings (SSSR count). The van der Waals surface area contributed by atoms with Crippen LogP contribution >= 0.6 is 11.7 Å². The lowest BCUT2D eigenvalue weighted by molar-refractivity contribution is 0.0478. The Balaban J connectivity index is 1.30. The summed E-state index contributed by atoms with van der Waals surface area (Å²) < 4.78 is 19.6. The van der Waals surface area contributed by atoms with Gasteiger partial charge < -0.3 is 14.6 Å². The number of β-amino-alcohol motifs (C(OH)–C–C–N with tert-alkyl or cyclic N) is 1. The van der Waals surface area contributed by atoms with Gasteiger partial charge in [0.1, 0.15) is 11.0 Å². The molecule has 3 heterocycles. The second-order valence-corrected chi connectivity index (χ2v) is 7.39. The Morgan fingerprint density at radius 3 is 3.00 bits per heavy atom. The zero-order valence-corrected chi connectivity index (χ0v) is 15.0. The largest absolute Gasteiger partial charge is 0.454 e. The quantitative estimate of drug-likeness (QED) is 0.766. The summed E-state index contributed by atoms with van der Waals surface area (Å²) in [7, 11) is 0. The summed E-state index contributed by atoms with van der Waals surface area (Å²) in [4.78, 5) is 2.29. The lowest BCUT2D eigenvalue weighted by atomic mass is 9.86. The van der Waals surface area contributed by atoms with Crippen LogP contribution in [0.4, 0.5) is 0 Å². The number of hydrogen-bond acceptors (Lipinski definition) is 7. The van der Waals surface area contributed by atoms with Crippen molar-refractivity contribution in [1.29, 1.82) is 0 Å². The van der Waals surface area contributed by atoms with Crippen LogP contribution in [0.15, 0.2) is 36.4 Å². The highest BCUT2D eigenvalue weighted by atomic mass is 32.1. The van der Waals surface area contributed by atoms with Crippen LogP contribution in [0, 0.1) is 0 Å². The Morgan fingerprint density at radius 1 is 1.15 bits per heavy atom.